The van der Waals surface area contributed by atoms with Crippen LogP contribution in [0.1, 0.15) is 5.56 Å². The minimum atomic E-state index is -4.37. The molecule has 0 unspecified atom stereocenters. The summed E-state index contributed by atoms with van der Waals surface area (Å²) < 4.78 is 42.2. The highest BCUT2D eigenvalue weighted by atomic mass is 32.1. The van der Waals surface area contributed by atoms with E-state index in [4.69, 9.17) is 4.74 Å². The van der Waals surface area contributed by atoms with Crippen molar-refractivity contribution in [2.45, 2.75) is 6.18 Å². The van der Waals surface area contributed by atoms with Gasteiger partial charge >= 0.3 is 6.18 Å². The van der Waals surface area contributed by atoms with Crippen LogP contribution in [0, 0.1) is 0 Å². The van der Waals surface area contributed by atoms with E-state index in [-0.39, 0.29) is 10.9 Å². The van der Waals surface area contributed by atoms with Crippen molar-refractivity contribution in [3.05, 3.63) is 35.3 Å². The van der Waals surface area contributed by atoms with Gasteiger partial charge in [-0.25, -0.2) is 0 Å². The quantitative estimate of drug-likeness (QED) is 0.815. The van der Waals surface area contributed by atoms with E-state index in [2.05, 4.69) is 10.2 Å². The number of aromatic nitrogens is 2. The van der Waals surface area contributed by atoms with Gasteiger partial charge in [0.2, 0.25) is 0 Å². The SMILES string of the molecule is FC(F)(F)c1cccc(Oc2nncs2)c1. The maximum Gasteiger partial charge on any atom is 0.416 e. The second-order valence-corrected chi connectivity index (χ2v) is 3.63. The van der Waals surface area contributed by atoms with Crippen LogP contribution in [0.2, 0.25) is 0 Å². The lowest BCUT2D eigenvalue weighted by molar-refractivity contribution is -0.137. The van der Waals surface area contributed by atoms with Crippen LogP contribution in [0.5, 0.6) is 10.9 Å². The molecule has 0 saturated heterocycles. The highest BCUT2D eigenvalue weighted by Gasteiger charge is 2.30. The summed E-state index contributed by atoms with van der Waals surface area (Å²) in [4.78, 5) is 0. The molecular weight excluding hydrogens is 241 g/mol. The van der Waals surface area contributed by atoms with Crippen LogP contribution in [0.15, 0.2) is 29.8 Å². The van der Waals surface area contributed by atoms with Gasteiger partial charge in [-0.05, 0) is 18.2 Å². The molecule has 0 bridgehead atoms. The van der Waals surface area contributed by atoms with Crippen molar-refractivity contribution in [3.8, 4) is 10.9 Å². The van der Waals surface area contributed by atoms with Crippen LogP contribution in [-0.4, -0.2) is 10.2 Å². The molecular formula is C9H5F3N2OS. The summed E-state index contributed by atoms with van der Waals surface area (Å²) in [5.41, 5.74) is 0.678. The van der Waals surface area contributed by atoms with E-state index >= 15 is 0 Å². The Bertz CT molecular complexity index is 470. The first-order valence-corrected chi connectivity index (χ1v) is 5.05. The molecule has 0 amide bonds. The van der Waals surface area contributed by atoms with E-state index in [1.54, 1.807) is 0 Å². The smallest absolute Gasteiger partial charge is 0.416 e. The summed E-state index contributed by atoms with van der Waals surface area (Å²) in [6.07, 6.45) is -4.37. The minimum absolute atomic E-state index is 0.0894. The Morgan fingerprint density at radius 3 is 2.69 bits per heavy atom. The molecule has 2 aromatic rings. The number of hydrogen-bond donors (Lipinski definition) is 0. The molecule has 1 aromatic heterocycles. The molecule has 0 saturated carbocycles. The molecule has 0 aliphatic carbocycles. The summed E-state index contributed by atoms with van der Waals surface area (Å²) >= 11 is 1.11. The largest absolute Gasteiger partial charge is 0.430 e. The summed E-state index contributed by atoms with van der Waals surface area (Å²) in [5.74, 6) is 0.0894. The van der Waals surface area contributed by atoms with Gasteiger partial charge in [-0.2, -0.15) is 13.2 Å². The molecule has 3 nitrogen and oxygen atoms in total. The lowest BCUT2D eigenvalue weighted by Gasteiger charge is -2.07. The fraction of sp³-hybridized carbons (Fsp3) is 0.111. The van der Waals surface area contributed by atoms with Gasteiger partial charge in [0.25, 0.3) is 5.19 Å². The number of ether oxygens (including phenoxy) is 1. The van der Waals surface area contributed by atoms with Crippen LogP contribution in [0.3, 0.4) is 0 Å². The molecule has 7 heteroatoms. The van der Waals surface area contributed by atoms with E-state index in [1.807, 2.05) is 0 Å². The predicted molar refractivity (Wildman–Crippen MR) is 51.4 cm³/mol. The van der Waals surface area contributed by atoms with Gasteiger partial charge in [0.15, 0.2) is 0 Å². The van der Waals surface area contributed by atoms with Crippen LogP contribution in [0.4, 0.5) is 13.2 Å². The Kier molecular flexibility index (Phi) is 2.78. The molecule has 0 spiro atoms. The van der Waals surface area contributed by atoms with Crippen molar-refractivity contribution in [1.82, 2.24) is 10.2 Å². The van der Waals surface area contributed by atoms with Gasteiger partial charge in [-0.1, -0.05) is 22.5 Å². The summed E-state index contributed by atoms with van der Waals surface area (Å²) in [7, 11) is 0. The Morgan fingerprint density at radius 2 is 2.06 bits per heavy atom. The molecule has 0 N–H and O–H groups in total. The van der Waals surface area contributed by atoms with Crippen LogP contribution >= 0.6 is 11.3 Å². The first kappa shape index (κ1) is 10.9. The van der Waals surface area contributed by atoms with Crippen LogP contribution in [0.25, 0.3) is 0 Å². The molecule has 84 valence electrons. The highest BCUT2D eigenvalue weighted by molar-refractivity contribution is 7.11. The molecule has 0 atom stereocenters. The van der Waals surface area contributed by atoms with Crippen molar-refractivity contribution in [1.29, 1.82) is 0 Å². The maximum absolute atomic E-state index is 12.4. The average molecular weight is 246 g/mol. The third kappa shape index (κ3) is 2.48. The second-order valence-electron chi connectivity index (χ2n) is 2.83. The third-order valence-electron chi connectivity index (χ3n) is 1.71. The Morgan fingerprint density at radius 1 is 1.25 bits per heavy atom. The second kappa shape index (κ2) is 4.09. The van der Waals surface area contributed by atoms with E-state index in [0.29, 0.717) is 0 Å². The first-order chi connectivity index (χ1) is 7.55. The number of nitrogens with zero attached hydrogens (tertiary/aromatic N) is 2. The van der Waals surface area contributed by atoms with E-state index in [1.165, 1.54) is 17.6 Å². The van der Waals surface area contributed by atoms with Gasteiger partial charge < -0.3 is 4.74 Å². The van der Waals surface area contributed by atoms with Crippen LogP contribution in [-0.2, 0) is 6.18 Å². The summed E-state index contributed by atoms with van der Waals surface area (Å²) in [6, 6.07) is 4.60. The molecule has 0 aliphatic heterocycles. The lowest BCUT2D eigenvalue weighted by Crippen LogP contribution is -2.04. The fourth-order valence-electron chi connectivity index (χ4n) is 1.04. The van der Waals surface area contributed by atoms with Gasteiger partial charge in [-0.15, -0.1) is 5.10 Å². The molecule has 1 aromatic carbocycles. The monoisotopic (exact) mass is 246 g/mol. The molecule has 16 heavy (non-hydrogen) atoms. The number of hydrogen-bond acceptors (Lipinski definition) is 4. The summed E-state index contributed by atoms with van der Waals surface area (Å²) in [6.45, 7) is 0. The summed E-state index contributed by atoms with van der Waals surface area (Å²) in [5, 5.41) is 7.29. The highest BCUT2D eigenvalue weighted by Crippen LogP contribution is 2.32. The van der Waals surface area contributed by atoms with Crippen molar-refractivity contribution in [2.75, 3.05) is 0 Å². The third-order valence-corrected chi connectivity index (χ3v) is 2.27. The minimum Gasteiger partial charge on any atom is -0.430 e. The van der Waals surface area contributed by atoms with E-state index in [9.17, 15) is 13.2 Å². The van der Waals surface area contributed by atoms with Gasteiger partial charge in [-0.3, -0.25) is 0 Å². The molecule has 0 fully saturated rings. The predicted octanol–water partition coefficient (Wildman–Crippen LogP) is 3.35. The Balaban J connectivity index is 2.23. The van der Waals surface area contributed by atoms with E-state index < -0.39 is 11.7 Å². The number of rotatable bonds is 2. The van der Waals surface area contributed by atoms with Gasteiger partial charge in [0, 0.05) is 0 Å². The topological polar surface area (TPSA) is 35.0 Å². The normalized spacial score (nSPS) is 11.4. The first-order valence-electron chi connectivity index (χ1n) is 4.17. The zero-order chi connectivity index (χ0) is 11.6. The Labute approximate surface area is 92.5 Å². The molecule has 1 heterocycles. The molecule has 2 rings (SSSR count). The van der Waals surface area contributed by atoms with Crippen molar-refractivity contribution in [2.24, 2.45) is 0 Å². The van der Waals surface area contributed by atoms with Crippen molar-refractivity contribution < 1.29 is 17.9 Å². The van der Waals surface area contributed by atoms with Crippen molar-refractivity contribution >= 4 is 11.3 Å². The Hall–Kier alpha value is -1.63. The average Bonchev–Trinajstić information content (AvgIpc) is 2.70. The van der Waals surface area contributed by atoms with Gasteiger partial charge in [0.1, 0.15) is 11.3 Å². The molecule has 0 aliphatic rings. The zero-order valence-electron chi connectivity index (χ0n) is 7.73. The van der Waals surface area contributed by atoms with Gasteiger partial charge in [0.05, 0.1) is 5.56 Å². The number of halogens is 3. The maximum atomic E-state index is 12.4. The number of alkyl halides is 3. The number of benzene rings is 1. The van der Waals surface area contributed by atoms with E-state index in [0.717, 1.165) is 23.5 Å². The van der Waals surface area contributed by atoms with Crippen molar-refractivity contribution in [3.63, 3.8) is 0 Å². The fourth-order valence-corrected chi connectivity index (χ4v) is 1.47. The standard InChI is InChI=1S/C9H5F3N2OS/c10-9(11,12)6-2-1-3-7(4-6)15-8-14-13-5-16-8/h1-5H. The lowest BCUT2D eigenvalue weighted by atomic mass is 10.2. The van der Waals surface area contributed by atoms with Crippen LogP contribution < -0.4 is 4.74 Å². The zero-order valence-corrected chi connectivity index (χ0v) is 8.55. The molecule has 0 radical (unpaired) electrons.